The maximum Gasteiger partial charge on any atom is 0.213 e. The number of anilines is 2. The van der Waals surface area contributed by atoms with E-state index in [1.165, 1.54) is 6.07 Å². The average Bonchev–Trinajstić information content (AvgIpc) is 2.80. The van der Waals surface area contributed by atoms with Crippen molar-refractivity contribution >= 4 is 27.3 Å². The third-order valence-electron chi connectivity index (χ3n) is 2.47. The van der Waals surface area contributed by atoms with E-state index in [1.54, 1.807) is 12.3 Å². The molecule has 4 nitrogen and oxygen atoms in total. The maximum absolute atomic E-state index is 13.2. The standard InChI is InChI=1S/C12H13BrFN3O/c1-2-7-5-17-12(18-7)6-16-11-3-8(13)9(14)4-10(11)15/h3-5,16H,2,6,15H2,1H3. The van der Waals surface area contributed by atoms with Gasteiger partial charge in [0.25, 0.3) is 0 Å². The van der Waals surface area contributed by atoms with Crippen molar-refractivity contribution in [1.29, 1.82) is 0 Å². The van der Waals surface area contributed by atoms with Crippen LogP contribution in [0.3, 0.4) is 0 Å². The van der Waals surface area contributed by atoms with Crippen molar-refractivity contribution in [2.24, 2.45) is 0 Å². The van der Waals surface area contributed by atoms with Gasteiger partial charge in [-0.3, -0.25) is 0 Å². The number of aromatic nitrogens is 1. The Morgan fingerprint density at radius 3 is 2.94 bits per heavy atom. The van der Waals surface area contributed by atoms with Crippen molar-refractivity contribution < 1.29 is 8.81 Å². The Bertz CT molecular complexity index is 556. The summed E-state index contributed by atoms with van der Waals surface area (Å²) < 4.78 is 19.0. The molecule has 0 aliphatic heterocycles. The predicted octanol–water partition coefficient (Wildman–Crippen LogP) is 3.33. The lowest BCUT2D eigenvalue weighted by Crippen LogP contribution is -2.03. The summed E-state index contributed by atoms with van der Waals surface area (Å²) in [6.45, 7) is 2.40. The van der Waals surface area contributed by atoms with E-state index in [9.17, 15) is 4.39 Å². The summed E-state index contributed by atoms with van der Waals surface area (Å²) in [5, 5.41) is 3.06. The van der Waals surface area contributed by atoms with Gasteiger partial charge in [-0.2, -0.15) is 0 Å². The second-order valence-electron chi connectivity index (χ2n) is 3.78. The van der Waals surface area contributed by atoms with E-state index in [1.807, 2.05) is 6.92 Å². The molecule has 3 N–H and O–H groups in total. The lowest BCUT2D eigenvalue weighted by atomic mass is 10.2. The summed E-state index contributed by atoms with van der Waals surface area (Å²) in [6.07, 6.45) is 2.50. The molecule has 0 unspecified atom stereocenters. The van der Waals surface area contributed by atoms with Crippen molar-refractivity contribution in [2.45, 2.75) is 19.9 Å². The highest BCUT2D eigenvalue weighted by atomic mass is 79.9. The van der Waals surface area contributed by atoms with E-state index in [4.69, 9.17) is 10.2 Å². The Hall–Kier alpha value is -1.56. The second-order valence-corrected chi connectivity index (χ2v) is 4.64. The van der Waals surface area contributed by atoms with E-state index in [0.29, 0.717) is 28.3 Å². The molecule has 18 heavy (non-hydrogen) atoms. The van der Waals surface area contributed by atoms with Gasteiger partial charge in [0.05, 0.1) is 28.6 Å². The molecule has 0 saturated heterocycles. The Morgan fingerprint density at radius 1 is 1.50 bits per heavy atom. The number of nitrogen functional groups attached to an aromatic ring is 1. The molecule has 0 fully saturated rings. The fourth-order valence-electron chi connectivity index (χ4n) is 1.48. The van der Waals surface area contributed by atoms with Crippen LogP contribution in [0.4, 0.5) is 15.8 Å². The molecule has 1 aromatic heterocycles. The molecule has 0 radical (unpaired) electrons. The Morgan fingerprint density at radius 2 is 2.28 bits per heavy atom. The highest BCUT2D eigenvalue weighted by Crippen LogP contribution is 2.26. The monoisotopic (exact) mass is 313 g/mol. The first-order chi connectivity index (χ1) is 8.60. The zero-order chi connectivity index (χ0) is 13.1. The van der Waals surface area contributed by atoms with Crippen molar-refractivity contribution in [1.82, 2.24) is 4.98 Å². The first-order valence-corrected chi connectivity index (χ1v) is 6.31. The summed E-state index contributed by atoms with van der Waals surface area (Å²) in [6, 6.07) is 2.85. The Kier molecular flexibility index (Phi) is 3.86. The van der Waals surface area contributed by atoms with Crippen LogP contribution in [0.15, 0.2) is 27.2 Å². The third kappa shape index (κ3) is 2.81. The van der Waals surface area contributed by atoms with Gasteiger partial charge in [0, 0.05) is 12.5 Å². The number of halogens is 2. The van der Waals surface area contributed by atoms with E-state index < -0.39 is 0 Å². The molecule has 2 aromatic rings. The molecule has 0 amide bonds. The molecule has 6 heteroatoms. The van der Waals surface area contributed by atoms with Gasteiger partial charge in [-0.15, -0.1) is 0 Å². The molecule has 1 heterocycles. The largest absolute Gasteiger partial charge is 0.444 e. The first-order valence-electron chi connectivity index (χ1n) is 5.52. The molecular formula is C12H13BrFN3O. The van der Waals surface area contributed by atoms with Crippen molar-refractivity contribution in [3.05, 3.63) is 40.3 Å². The van der Waals surface area contributed by atoms with Crippen LogP contribution < -0.4 is 11.1 Å². The zero-order valence-corrected chi connectivity index (χ0v) is 11.4. The van der Waals surface area contributed by atoms with Gasteiger partial charge < -0.3 is 15.5 Å². The minimum absolute atomic E-state index is 0.345. The van der Waals surface area contributed by atoms with E-state index >= 15 is 0 Å². The van der Waals surface area contributed by atoms with Gasteiger partial charge in [-0.25, -0.2) is 9.37 Å². The van der Waals surface area contributed by atoms with Crippen LogP contribution in [-0.4, -0.2) is 4.98 Å². The summed E-state index contributed by atoms with van der Waals surface area (Å²) in [4.78, 5) is 4.12. The van der Waals surface area contributed by atoms with Gasteiger partial charge in [0.1, 0.15) is 11.6 Å². The number of nitrogens with one attached hydrogen (secondary N) is 1. The van der Waals surface area contributed by atoms with Crippen LogP contribution in [0.25, 0.3) is 0 Å². The van der Waals surface area contributed by atoms with Gasteiger partial charge in [-0.05, 0) is 22.0 Å². The van der Waals surface area contributed by atoms with Crippen molar-refractivity contribution in [3.63, 3.8) is 0 Å². The minimum atomic E-state index is -0.387. The van der Waals surface area contributed by atoms with Crippen LogP contribution in [0.2, 0.25) is 0 Å². The van der Waals surface area contributed by atoms with Crippen molar-refractivity contribution in [3.8, 4) is 0 Å². The molecule has 0 spiro atoms. The van der Waals surface area contributed by atoms with Gasteiger partial charge >= 0.3 is 0 Å². The molecule has 0 atom stereocenters. The van der Waals surface area contributed by atoms with Crippen LogP contribution in [0.5, 0.6) is 0 Å². The van der Waals surface area contributed by atoms with Crippen LogP contribution in [-0.2, 0) is 13.0 Å². The Balaban J connectivity index is 2.08. The molecular weight excluding hydrogens is 301 g/mol. The maximum atomic E-state index is 13.2. The lowest BCUT2D eigenvalue weighted by Gasteiger charge is -2.08. The molecule has 96 valence electrons. The number of hydrogen-bond acceptors (Lipinski definition) is 4. The second kappa shape index (κ2) is 5.39. The first kappa shape index (κ1) is 12.9. The smallest absolute Gasteiger partial charge is 0.213 e. The third-order valence-corrected chi connectivity index (χ3v) is 3.08. The summed E-state index contributed by atoms with van der Waals surface area (Å²) in [7, 11) is 0. The highest BCUT2D eigenvalue weighted by molar-refractivity contribution is 9.10. The Labute approximate surface area is 113 Å². The van der Waals surface area contributed by atoms with Gasteiger partial charge in [-0.1, -0.05) is 6.92 Å². The van der Waals surface area contributed by atoms with Crippen LogP contribution in [0, 0.1) is 5.82 Å². The normalized spacial score (nSPS) is 10.6. The molecule has 0 bridgehead atoms. The topological polar surface area (TPSA) is 64.1 Å². The van der Waals surface area contributed by atoms with Crippen LogP contribution >= 0.6 is 15.9 Å². The number of nitrogens with two attached hydrogens (primary N) is 1. The van der Waals surface area contributed by atoms with Crippen molar-refractivity contribution in [2.75, 3.05) is 11.1 Å². The highest BCUT2D eigenvalue weighted by Gasteiger charge is 2.07. The number of oxazole rings is 1. The molecule has 2 rings (SSSR count). The number of aryl methyl sites for hydroxylation is 1. The molecule has 0 saturated carbocycles. The number of benzene rings is 1. The lowest BCUT2D eigenvalue weighted by molar-refractivity contribution is 0.466. The fourth-order valence-corrected chi connectivity index (χ4v) is 1.82. The number of hydrogen-bond donors (Lipinski definition) is 2. The van der Waals surface area contributed by atoms with Gasteiger partial charge in [0.2, 0.25) is 5.89 Å². The number of rotatable bonds is 4. The SMILES string of the molecule is CCc1cnc(CNc2cc(Br)c(F)cc2N)o1. The van der Waals surface area contributed by atoms with E-state index in [0.717, 1.165) is 12.2 Å². The van der Waals surface area contributed by atoms with E-state index in [-0.39, 0.29) is 5.82 Å². The predicted molar refractivity (Wildman–Crippen MR) is 71.7 cm³/mol. The number of nitrogens with zero attached hydrogens (tertiary/aromatic N) is 1. The fraction of sp³-hybridized carbons (Fsp3) is 0.250. The molecule has 0 aliphatic carbocycles. The summed E-state index contributed by atoms with van der Waals surface area (Å²) >= 11 is 3.11. The molecule has 1 aromatic carbocycles. The zero-order valence-electron chi connectivity index (χ0n) is 9.84. The average molecular weight is 314 g/mol. The van der Waals surface area contributed by atoms with E-state index in [2.05, 4.69) is 26.2 Å². The summed E-state index contributed by atoms with van der Waals surface area (Å²) in [5.74, 6) is 1.02. The molecule has 0 aliphatic rings. The minimum Gasteiger partial charge on any atom is -0.444 e. The van der Waals surface area contributed by atoms with Crippen LogP contribution in [0.1, 0.15) is 18.6 Å². The summed E-state index contributed by atoms with van der Waals surface area (Å²) in [5.41, 5.74) is 6.70. The quantitative estimate of drug-likeness (QED) is 0.850. The van der Waals surface area contributed by atoms with Gasteiger partial charge in [0.15, 0.2) is 0 Å².